The van der Waals surface area contributed by atoms with Gasteiger partial charge in [0.2, 0.25) is 0 Å². The number of hydrogen-bond acceptors (Lipinski definition) is 3. The smallest absolute Gasteiger partial charge is 0.160 e. The van der Waals surface area contributed by atoms with E-state index in [2.05, 4.69) is 31.2 Å². The van der Waals surface area contributed by atoms with Crippen LogP contribution in [0.15, 0.2) is 47.2 Å². The first-order valence-electron chi connectivity index (χ1n) is 5.76. The van der Waals surface area contributed by atoms with Crippen LogP contribution in [0.5, 0.6) is 0 Å². The molecule has 1 heterocycles. The van der Waals surface area contributed by atoms with Gasteiger partial charge in [-0.05, 0) is 40.2 Å². The molecule has 0 saturated heterocycles. The lowest BCUT2D eigenvalue weighted by Gasteiger charge is -2.09. The maximum atomic E-state index is 13.2. The van der Waals surface area contributed by atoms with Crippen LogP contribution in [0, 0.1) is 11.6 Å². The van der Waals surface area contributed by atoms with Crippen molar-refractivity contribution in [3.8, 4) is 0 Å². The van der Waals surface area contributed by atoms with E-state index in [1.54, 1.807) is 0 Å². The highest BCUT2D eigenvalue weighted by atomic mass is 79.9. The van der Waals surface area contributed by atoms with Gasteiger partial charge in [0.1, 0.15) is 12.1 Å². The van der Waals surface area contributed by atoms with Crippen LogP contribution in [0.4, 0.5) is 20.3 Å². The molecule has 0 atom stereocenters. The van der Waals surface area contributed by atoms with E-state index in [0.717, 1.165) is 27.5 Å². The number of aromatic nitrogens is 2. The number of halogens is 3. The SMILES string of the molecule is Fc1ccc(Nc2ncnc3c(Br)cccc23)cc1F. The summed E-state index contributed by atoms with van der Waals surface area (Å²) in [6, 6.07) is 9.17. The molecule has 0 aliphatic rings. The maximum absolute atomic E-state index is 13.2. The summed E-state index contributed by atoms with van der Waals surface area (Å²) in [5.41, 5.74) is 1.16. The van der Waals surface area contributed by atoms with Crippen LogP contribution in [0.1, 0.15) is 0 Å². The lowest BCUT2D eigenvalue weighted by Crippen LogP contribution is -1.97. The fourth-order valence-corrected chi connectivity index (χ4v) is 2.33. The van der Waals surface area contributed by atoms with E-state index >= 15 is 0 Å². The topological polar surface area (TPSA) is 37.8 Å². The van der Waals surface area contributed by atoms with Crippen molar-refractivity contribution in [1.82, 2.24) is 9.97 Å². The molecule has 100 valence electrons. The zero-order chi connectivity index (χ0) is 14.1. The van der Waals surface area contributed by atoms with Crippen molar-refractivity contribution in [1.29, 1.82) is 0 Å². The van der Waals surface area contributed by atoms with E-state index in [-0.39, 0.29) is 0 Å². The van der Waals surface area contributed by atoms with Crippen molar-refractivity contribution < 1.29 is 8.78 Å². The first-order valence-corrected chi connectivity index (χ1v) is 6.56. The van der Waals surface area contributed by atoms with Gasteiger partial charge in [-0.1, -0.05) is 6.07 Å². The lowest BCUT2D eigenvalue weighted by molar-refractivity contribution is 0.509. The van der Waals surface area contributed by atoms with Crippen LogP contribution in [0.25, 0.3) is 10.9 Å². The quantitative estimate of drug-likeness (QED) is 0.753. The van der Waals surface area contributed by atoms with Crippen molar-refractivity contribution >= 4 is 38.3 Å². The van der Waals surface area contributed by atoms with Crippen LogP contribution >= 0.6 is 15.9 Å². The molecule has 0 aliphatic carbocycles. The Bertz CT molecular complexity index is 792. The van der Waals surface area contributed by atoms with Gasteiger partial charge in [0, 0.05) is 21.6 Å². The molecule has 0 aliphatic heterocycles. The van der Waals surface area contributed by atoms with Crippen molar-refractivity contribution in [2.45, 2.75) is 0 Å². The van der Waals surface area contributed by atoms with Crippen molar-refractivity contribution in [2.24, 2.45) is 0 Å². The van der Waals surface area contributed by atoms with E-state index < -0.39 is 11.6 Å². The summed E-state index contributed by atoms with van der Waals surface area (Å²) < 4.78 is 27.0. The number of benzene rings is 2. The predicted molar refractivity (Wildman–Crippen MR) is 76.9 cm³/mol. The van der Waals surface area contributed by atoms with E-state index in [1.165, 1.54) is 12.4 Å². The second kappa shape index (κ2) is 5.13. The predicted octanol–water partition coefficient (Wildman–Crippen LogP) is 4.41. The molecule has 3 rings (SSSR count). The summed E-state index contributed by atoms with van der Waals surface area (Å²) >= 11 is 3.41. The molecule has 2 aromatic carbocycles. The Morgan fingerprint density at radius 2 is 1.85 bits per heavy atom. The van der Waals surface area contributed by atoms with Gasteiger partial charge in [0.05, 0.1) is 5.52 Å². The third kappa shape index (κ3) is 2.34. The van der Waals surface area contributed by atoms with Crippen molar-refractivity contribution in [3.05, 3.63) is 58.8 Å². The van der Waals surface area contributed by atoms with Gasteiger partial charge in [0.25, 0.3) is 0 Å². The molecule has 6 heteroatoms. The lowest BCUT2D eigenvalue weighted by atomic mass is 10.2. The van der Waals surface area contributed by atoms with E-state index in [9.17, 15) is 8.78 Å². The van der Waals surface area contributed by atoms with E-state index in [1.807, 2.05) is 18.2 Å². The highest BCUT2D eigenvalue weighted by Gasteiger charge is 2.08. The fourth-order valence-electron chi connectivity index (χ4n) is 1.86. The van der Waals surface area contributed by atoms with Crippen LogP contribution in [0.3, 0.4) is 0 Å². The third-order valence-corrected chi connectivity index (χ3v) is 3.44. The molecule has 0 fully saturated rings. The molecule has 0 unspecified atom stereocenters. The molecule has 1 N–H and O–H groups in total. The zero-order valence-corrected chi connectivity index (χ0v) is 11.7. The summed E-state index contributed by atoms with van der Waals surface area (Å²) in [4.78, 5) is 8.32. The van der Waals surface area contributed by atoms with Crippen LogP contribution in [-0.2, 0) is 0 Å². The van der Waals surface area contributed by atoms with Gasteiger partial charge in [-0.2, -0.15) is 0 Å². The molecule has 0 bridgehead atoms. The standard InChI is InChI=1S/C14H8BrF2N3/c15-10-3-1-2-9-13(10)18-7-19-14(9)20-8-4-5-11(16)12(17)6-8/h1-7H,(H,18,19,20). The van der Waals surface area contributed by atoms with Crippen LogP contribution < -0.4 is 5.32 Å². The minimum absolute atomic E-state index is 0.420. The number of fused-ring (bicyclic) bond motifs is 1. The number of nitrogens with zero attached hydrogens (tertiary/aromatic N) is 2. The van der Waals surface area contributed by atoms with Crippen LogP contribution in [0.2, 0.25) is 0 Å². The monoisotopic (exact) mass is 335 g/mol. The fraction of sp³-hybridized carbons (Fsp3) is 0. The maximum Gasteiger partial charge on any atom is 0.160 e. The molecule has 3 aromatic rings. The largest absolute Gasteiger partial charge is 0.340 e. The summed E-state index contributed by atoms with van der Waals surface area (Å²) in [7, 11) is 0. The van der Waals surface area contributed by atoms with Gasteiger partial charge in [-0.25, -0.2) is 18.7 Å². The van der Waals surface area contributed by atoms with E-state index in [0.29, 0.717) is 11.5 Å². The molecular weight excluding hydrogens is 328 g/mol. The summed E-state index contributed by atoms with van der Waals surface area (Å²) in [6.45, 7) is 0. The number of hydrogen-bond donors (Lipinski definition) is 1. The first kappa shape index (κ1) is 12.9. The molecule has 20 heavy (non-hydrogen) atoms. The van der Waals surface area contributed by atoms with Gasteiger partial charge in [-0.15, -0.1) is 0 Å². The Labute approximate surface area is 121 Å². The number of para-hydroxylation sites is 1. The van der Waals surface area contributed by atoms with Crippen molar-refractivity contribution in [3.63, 3.8) is 0 Å². The number of anilines is 2. The highest BCUT2D eigenvalue weighted by Crippen LogP contribution is 2.28. The van der Waals surface area contributed by atoms with Gasteiger partial charge in [0.15, 0.2) is 11.6 Å². The minimum atomic E-state index is -0.908. The Morgan fingerprint density at radius 1 is 1.00 bits per heavy atom. The summed E-state index contributed by atoms with van der Waals surface area (Å²) in [5.74, 6) is -1.26. The molecule has 3 nitrogen and oxygen atoms in total. The Kier molecular flexibility index (Phi) is 3.31. The van der Waals surface area contributed by atoms with Crippen LogP contribution in [-0.4, -0.2) is 9.97 Å². The van der Waals surface area contributed by atoms with Gasteiger partial charge < -0.3 is 5.32 Å². The molecule has 1 aromatic heterocycles. The second-order valence-electron chi connectivity index (χ2n) is 4.11. The van der Waals surface area contributed by atoms with Gasteiger partial charge >= 0.3 is 0 Å². The normalized spacial score (nSPS) is 10.8. The highest BCUT2D eigenvalue weighted by molar-refractivity contribution is 9.10. The summed E-state index contributed by atoms with van der Waals surface area (Å²) in [5, 5.41) is 3.75. The number of nitrogens with one attached hydrogen (secondary N) is 1. The Balaban J connectivity index is 2.06. The Hall–Kier alpha value is -2.08. The number of rotatable bonds is 2. The van der Waals surface area contributed by atoms with E-state index in [4.69, 9.17) is 0 Å². The van der Waals surface area contributed by atoms with Crippen molar-refractivity contribution in [2.75, 3.05) is 5.32 Å². The van der Waals surface area contributed by atoms with Gasteiger partial charge in [-0.3, -0.25) is 0 Å². The molecular formula is C14H8BrF2N3. The average Bonchev–Trinajstić information content (AvgIpc) is 2.44. The Morgan fingerprint density at radius 3 is 2.65 bits per heavy atom. The molecule has 0 amide bonds. The molecule has 0 saturated carbocycles. The molecule has 0 radical (unpaired) electrons. The zero-order valence-electron chi connectivity index (χ0n) is 10.1. The first-order chi connectivity index (χ1) is 9.65. The third-order valence-electron chi connectivity index (χ3n) is 2.80. The second-order valence-corrected chi connectivity index (χ2v) is 4.97. The average molecular weight is 336 g/mol. The summed E-state index contributed by atoms with van der Waals surface area (Å²) in [6.07, 6.45) is 1.41. The molecule has 0 spiro atoms. The minimum Gasteiger partial charge on any atom is -0.340 e.